The van der Waals surface area contributed by atoms with Gasteiger partial charge in [0.05, 0.1) is 31.3 Å². The van der Waals surface area contributed by atoms with E-state index < -0.39 is 41.8 Å². The first-order chi connectivity index (χ1) is 15.2. The molecule has 1 aliphatic rings. The molecule has 0 aromatic carbocycles. The number of carboxylic acid groups (broad SMARTS) is 3. The molecule has 1 aliphatic carbocycles. The molecule has 12 heteroatoms. The third-order valence-electron chi connectivity index (χ3n) is 4.86. The van der Waals surface area contributed by atoms with Gasteiger partial charge in [0.15, 0.2) is 0 Å². The zero-order valence-corrected chi connectivity index (χ0v) is 19.5. The first-order valence-electron chi connectivity index (χ1n) is 10.5. The smallest absolute Gasteiger partial charge is 0.309 e. The molecule has 1 saturated carbocycles. The molecule has 0 aromatic rings. The molecule has 184 valence electrons. The molecular weight excluding hydrogens is 464 g/mol. The van der Waals surface area contributed by atoms with E-state index in [4.69, 9.17) is 19.7 Å². The van der Waals surface area contributed by atoms with E-state index in [2.05, 4.69) is 0 Å². The predicted octanol–water partition coefficient (Wildman–Crippen LogP) is 1.58. The molecule has 4 N–H and O–H groups in total. The van der Waals surface area contributed by atoms with Gasteiger partial charge in [-0.25, -0.2) is 0 Å². The number of thioether (sulfide) groups is 2. The Hall–Kier alpha value is -1.50. The molecule has 0 radical (unpaired) electrons. The van der Waals surface area contributed by atoms with Crippen LogP contribution in [0.5, 0.6) is 0 Å². The standard InChI is InChI=1S/C20H32O10S2/c21-13(11-29-6-1-7-31-8-4-17(22)23)12-30-20(28)15-3-2-14(10-16(15)19(26)27)32-9-5-18(24)25/h13-16,21H,1-12H2,(H,22,23)(H,24,25)(H,26,27). The third kappa shape index (κ3) is 12.5. The molecule has 10 nitrogen and oxygen atoms in total. The van der Waals surface area contributed by atoms with Crippen molar-refractivity contribution in [3.63, 3.8) is 0 Å². The number of hydrogen-bond donors (Lipinski definition) is 4. The van der Waals surface area contributed by atoms with Crippen LogP contribution in [0.25, 0.3) is 0 Å². The average molecular weight is 497 g/mol. The van der Waals surface area contributed by atoms with Crippen molar-refractivity contribution in [3.05, 3.63) is 0 Å². The molecule has 4 atom stereocenters. The number of esters is 1. The van der Waals surface area contributed by atoms with Gasteiger partial charge >= 0.3 is 23.9 Å². The summed E-state index contributed by atoms with van der Waals surface area (Å²) in [5.74, 6) is -3.48. The lowest BCUT2D eigenvalue weighted by Crippen LogP contribution is -2.38. The molecule has 0 amide bonds. The van der Waals surface area contributed by atoms with Crippen molar-refractivity contribution in [2.75, 3.05) is 37.1 Å². The highest BCUT2D eigenvalue weighted by molar-refractivity contribution is 8.00. The minimum absolute atomic E-state index is 0.00783. The van der Waals surface area contributed by atoms with Crippen LogP contribution in [0.4, 0.5) is 0 Å². The highest BCUT2D eigenvalue weighted by Crippen LogP contribution is 2.37. The molecule has 1 rings (SSSR count). The van der Waals surface area contributed by atoms with Crippen LogP contribution in [-0.4, -0.2) is 92.7 Å². The lowest BCUT2D eigenvalue weighted by molar-refractivity contribution is -0.162. The van der Waals surface area contributed by atoms with E-state index in [1.807, 2.05) is 0 Å². The van der Waals surface area contributed by atoms with Gasteiger partial charge in [-0.15, -0.1) is 0 Å². The van der Waals surface area contributed by atoms with Gasteiger partial charge in [0, 0.05) is 23.4 Å². The molecule has 1 fully saturated rings. The van der Waals surface area contributed by atoms with Gasteiger partial charge in [0.2, 0.25) is 0 Å². The number of aliphatic carboxylic acids is 3. The Balaban J connectivity index is 2.25. The normalized spacial score (nSPS) is 21.6. The molecule has 32 heavy (non-hydrogen) atoms. The second-order valence-electron chi connectivity index (χ2n) is 7.47. The number of carbonyl (C=O) groups excluding carboxylic acids is 1. The third-order valence-corrected chi connectivity index (χ3v) is 7.27. The van der Waals surface area contributed by atoms with Crippen LogP contribution in [-0.2, 0) is 28.7 Å². The van der Waals surface area contributed by atoms with E-state index in [1.54, 1.807) is 0 Å². The zero-order valence-electron chi connectivity index (χ0n) is 17.8. The van der Waals surface area contributed by atoms with E-state index in [9.17, 15) is 29.4 Å². The fourth-order valence-electron chi connectivity index (χ4n) is 3.23. The SMILES string of the molecule is O=C(O)CCSCCCOCC(O)COC(=O)C1CCC(SCCC(=O)O)CC1C(=O)O. The van der Waals surface area contributed by atoms with Crippen LogP contribution in [0, 0.1) is 11.8 Å². The lowest BCUT2D eigenvalue weighted by Gasteiger charge is -2.32. The summed E-state index contributed by atoms with van der Waals surface area (Å²) in [6.45, 7) is 0.0734. The summed E-state index contributed by atoms with van der Waals surface area (Å²) < 4.78 is 10.4. The monoisotopic (exact) mass is 496 g/mol. The maximum Gasteiger partial charge on any atom is 0.309 e. The molecule has 0 bridgehead atoms. The van der Waals surface area contributed by atoms with Gasteiger partial charge in [-0.2, -0.15) is 23.5 Å². The Morgan fingerprint density at radius 1 is 0.906 bits per heavy atom. The van der Waals surface area contributed by atoms with Gasteiger partial charge in [-0.3, -0.25) is 19.2 Å². The molecule has 0 aromatic heterocycles. The zero-order chi connectivity index (χ0) is 23.9. The minimum atomic E-state index is -1.08. The van der Waals surface area contributed by atoms with E-state index in [1.165, 1.54) is 23.5 Å². The molecule has 0 aliphatic heterocycles. The fraction of sp³-hybridized carbons (Fsp3) is 0.800. The first kappa shape index (κ1) is 28.5. The quantitative estimate of drug-likeness (QED) is 0.170. The van der Waals surface area contributed by atoms with Crippen LogP contribution in [0.1, 0.15) is 38.5 Å². The Labute approximate surface area is 195 Å². The Kier molecular flexibility index (Phi) is 14.4. The van der Waals surface area contributed by atoms with Crippen LogP contribution in [0.15, 0.2) is 0 Å². The summed E-state index contributed by atoms with van der Waals surface area (Å²) >= 11 is 2.93. The van der Waals surface area contributed by atoms with Crippen molar-refractivity contribution < 1.29 is 49.1 Å². The maximum atomic E-state index is 12.4. The van der Waals surface area contributed by atoms with Crippen molar-refractivity contribution in [2.24, 2.45) is 11.8 Å². The fourth-order valence-corrected chi connectivity index (χ4v) is 5.35. The molecule has 0 spiro atoms. The van der Waals surface area contributed by atoms with E-state index in [0.29, 0.717) is 37.4 Å². The summed E-state index contributed by atoms with van der Waals surface area (Å²) in [7, 11) is 0. The Bertz CT molecular complexity index is 615. The van der Waals surface area contributed by atoms with Gasteiger partial charge in [0.25, 0.3) is 0 Å². The van der Waals surface area contributed by atoms with Crippen molar-refractivity contribution in [1.82, 2.24) is 0 Å². The van der Waals surface area contributed by atoms with Gasteiger partial charge in [0.1, 0.15) is 12.7 Å². The largest absolute Gasteiger partial charge is 0.481 e. The maximum absolute atomic E-state index is 12.4. The molecular formula is C20H32O10S2. The second kappa shape index (κ2) is 16.2. The number of aliphatic hydroxyl groups excluding tert-OH is 1. The van der Waals surface area contributed by atoms with Crippen LogP contribution in [0.2, 0.25) is 0 Å². The summed E-state index contributed by atoms with van der Waals surface area (Å²) in [5, 5.41) is 36.7. The van der Waals surface area contributed by atoms with E-state index >= 15 is 0 Å². The minimum Gasteiger partial charge on any atom is -0.481 e. The number of aliphatic hydroxyl groups is 1. The number of carboxylic acids is 3. The lowest BCUT2D eigenvalue weighted by atomic mass is 9.79. The molecule has 4 unspecified atom stereocenters. The highest BCUT2D eigenvalue weighted by atomic mass is 32.2. The second-order valence-corrected chi connectivity index (χ2v) is 10.1. The van der Waals surface area contributed by atoms with Crippen molar-refractivity contribution in [3.8, 4) is 0 Å². The first-order valence-corrected chi connectivity index (χ1v) is 12.7. The number of hydrogen-bond acceptors (Lipinski definition) is 9. The number of ether oxygens (including phenoxy) is 2. The van der Waals surface area contributed by atoms with Crippen molar-refractivity contribution >= 4 is 47.4 Å². The Morgan fingerprint density at radius 2 is 1.59 bits per heavy atom. The summed E-state index contributed by atoms with van der Waals surface area (Å²) in [4.78, 5) is 45.0. The van der Waals surface area contributed by atoms with Crippen molar-refractivity contribution in [2.45, 2.75) is 49.9 Å². The van der Waals surface area contributed by atoms with Gasteiger partial charge < -0.3 is 29.9 Å². The average Bonchev–Trinajstić information content (AvgIpc) is 2.73. The summed E-state index contributed by atoms with van der Waals surface area (Å²) in [5.41, 5.74) is 0. The molecule has 0 saturated heterocycles. The summed E-state index contributed by atoms with van der Waals surface area (Å²) in [6, 6.07) is 0. The van der Waals surface area contributed by atoms with Crippen LogP contribution in [0.3, 0.4) is 0 Å². The molecule has 0 heterocycles. The van der Waals surface area contributed by atoms with Crippen LogP contribution >= 0.6 is 23.5 Å². The van der Waals surface area contributed by atoms with Gasteiger partial charge in [-0.05, 0) is 31.4 Å². The Morgan fingerprint density at radius 3 is 2.25 bits per heavy atom. The topological polar surface area (TPSA) is 168 Å². The highest BCUT2D eigenvalue weighted by Gasteiger charge is 2.40. The van der Waals surface area contributed by atoms with Crippen molar-refractivity contribution in [1.29, 1.82) is 0 Å². The van der Waals surface area contributed by atoms with E-state index in [0.717, 1.165) is 5.75 Å². The number of carbonyl (C=O) groups is 4. The van der Waals surface area contributed by atoms with E-state index in [-0.39, 0.29) is 37.7 Å². The summed E-state index contributed by atoms with van der Waals surface area (Å²) in [6.07, 6.45) is 1.01. The number of rotatable bonds is 17. The van der Waals surface area contributed by atoms with Gasteiger partial charge in [-0.1, -0.05) is 0 Å². The van der Waals surface area contributed by atoms with Crippen LogP contribution < -0.4 is 0 Å². The predicted molar refractivity (Wildman–Crippen MR) is 119 cm³/mol.